The number of carbonyl (C=O) groups is 1. The fourth-order valence-electron chi connectivity index (χ4n) is 4.51. The maximum absolute atomic E-state index is 13.3. The Kier molecular flexibility index (Phi) is 23.0. The zero-order valence-corrected chi connectivity index (χ0v) is 26.3. The van der Waals surface area contributed by atoms with E-state index in [0.29, 0.717) is 19.3 Å². The molecule has 228 valence electrons. The molecule has 0 aliphatic carbocycles. The molecule has 0 saturated carbocycles. The lowest BCUT2D eigenvalue weighted by molar-refractivity contribution is -0.154. The van der Waals surface area contributed by atoms with E-state index >= 15 is 0 Å². The Labute approximate surface area is 233 Å². The summed E-state index contributed by atoms with van der Waals surface area (Å²) in [6.07, 6.45) is 17.5. The van der Waals surface area contributed by atoms with E-state index in [1.54, 1.807) is 0 Å². The molecule has 0 aliphatic rings. The van der Waals surface area contributed by atoms with Crippen LogP contribution in [0.1, 0.15) is 130 Å². The number of ether oxygens (including phenoxy) is 2. The largest absolute Gasteiger partial charge is 0.479 e. The molecule has 8 nitrogen and oxygen atoms in total. The van der Waals surface area contributed by atoms with Gasteiger partial charge in [-0.05, 0) is 26.2 Å². The Morgan fingerprint density at radius 2 is 1.32 bits per heavy atom. The number of carboxylic acid groups (broad SMARTS) is 1. The molecule has 10 heteroatoms. The van der Waals surface area contributed by atoms with Crippen LogP contribution in [0.25, 0.3) is 0 Å². The zero-order valence-electron chi connectivity index (χ0n) is 24.3. The fourth-order valence-corrected chi connectivity index (χ4v) is 6.89. The van der Waals surface area contributed by atoms with Crippen LogP contribution >= 0.6 is 8.46 Å². The predicted octanol–water partition coefficient (Wildman–Crippen LogP) is 6.39. The van der Waals surface area contributed by atoms with Gasteiger partial charge in [-0.15, -0.1) is 0 Å². The number of aliphatic carboxylic acids is 1. The van der Waals surface area contributed by atoms with E-state index in [0.717, 1.165) is 44.9 Å². The van der Waals surface area contributed by atoms with Gasteiger partial charge >= 0.3 is 5.97 Å². The molecule has 0 radical (unpaired) electrons. The van der Waals surface area contributed by atoms with Gasteiger partial charge < -0.3 is 24.3 Å². The molecule has 0 aliphatic heterocycles. The first kappa shape index (κ1) is 37.5. The highest BCUT2D eigenvalue weighted by Gasteiger charge is 2.35. The molecule has 0 heterocycles. The second-order valence-electron chi connectivity index (χ2n) is 10.6. The fraction of sp³-hybridized carbons (Fsp3) is 0.964. The summed E-state index contributed by atoms with van der Waals surface area (Å²) in [7, 11) is -5.23. The van der Waals surface area contributed by atoms with Crippen molar-refractivity contribution in [3.05, 3.63) is 0 Å². The number of hydrogen-bond acceptors (Lipinski definition) is 7. The average molecular weight is 585 g/mol. The molecule has 0 bridgehead atoms. The van der Waals surface area contributed by atoms with Crippen molar-refractivity contribution in [1.82, 2.24) is 0 Å². The van der Waals surface area contributed by atoms with Gasteiger partial charge in [0, 0.05) is 13.2 Å². The van der Waals surface area contributed by atoms with Crippen molar-refractivity contribution in [3.63, 3.8) is 0 Å². The summed E-state index contributed by atoms with van der Waals surface area (Å²) in [5.74, 6) is -1.37. The molecule has 0 amide bonds. The normalized spacial score (nSPS) is 15.6. The number of rotatable bonds is 28. The van der Waals surface area contributed by atoms with Crippen LogP contribution in [-0.4, -0.2) is 66.9 Å². The summed E-state index contributed by atoms with van der Waals surface area (Å²) in [6.45, 7) is 6.03. The topological polar surface area (TPSA) is 127 Å². The lowest BCUT2D eigenvalue weighted by Gasteiger charge is -2.25. The number of sulfone groups is 1. The molecule has 0 aromatic rings. The van der Waals surface area contributed by atoms with Gasteiger partial charge in [0.25, 0.3) is 0 Å². The summed E-state index contributed by atoms with van der Waals surface area (Å²) in [5, 5.41) is 15.8. The van der Waals surface area contributed by atoms with Crippen LogP contribution in [0.4, 0.5) is 0 Å². The molecule has 0 spiro atoms. The van der Waals surface area contributed by atoms with Crippen LogP contribution in [0.5, 0.6) is 0 Å². The van der Waals surface area contributed by atoms with Gasteiger partial charge in [-0.25, -0.2) is 13.2 Å². The molecular formula is C28H57O8PS. The van der Waals surface area contributed by atoms with E-state index in [2.05, 4.69) is 13.8 Å². The first-order valence-corrected chi connectivity index (χ1v) is 17.7. The first-order chi connectivity index (χ1) is 18.1. The molecule has 0 aromatic heterocycles. The summed E-state index contributed by atoms with van der Waals surface area (Å²) < 4.78 is 48.6. The maximum Gasteiger partial charge on any atom is 0.345 e. The van der Waals surface area contributed by atoms with E-state index in [1.807, 2.05) is 6.92 Å². The Hall–Kier alpha value is -0.470. The second kappa shape index (κ2) is 23.3. The van der Waals surface area contributed by atoms with Crippen LogP contribution < -0.4 is 0 Å². The van der Waals surface area contributed by atoms with Crippen molar-refractivity contribution in [3.8, 4) is 0 Å². The van der Waals surface area contributed by atoms with Crippen molar-refractivity contribution >= 4 is 24.3 Å². The van der Waals surface area contributed by atoms with Gasteiger partial charge in [0.1, 0.15) is 8.46 Å². The minimum Gasteiger partial charge on any atom is -0.479 e. The molecule has 0 fully saturated rings. The van der Waals surface area contributed by atoms with Gasteiger partial charge in [0.05, 0.1) is 23.7 Å². The summed E-state index contributed by atoms with van der Waals surface area (Å²) in [5.41, 5.74) is 0. The molecule has 2 N–H and O–H groups in total. The van der Waals surface area contributed by atoms with Crippen molar-refractivity contribution < 1.29 is 37.5 Å². The van der Waals surface area contributed by atoms with Crippen LogP contribution in [0, 0.1) is 0 Å². The van der Waals surface area contributed by atoms with Crippen molar-refractivity contribution in [1.29, 1.82) is 0 Å². The highest BCUT2D eigenvalue weighted by Crippen LogP contribution is 2.22. The number of carboxylic acids is 1. The maximum atomic E-state index is 13.3. The van der Waals surface area contributed by atoms with Crippen molar-refractivity contribution in [2.24, 2.45) is 0 Å². The van der Waals surface area contributed by atoms with Gasteiger partial charge in [0.15, 0.2) is 9.84 Å². The quantitative estimate of drug-likeness (QED) is 0.0800. The lowest BCUT2D eigenvalue weighted by Crippen LogP contribution is -2.37. The summed E-state index contributed by atoms with van der Waals surface area (Å²) in [4.78, 5) is 11.0. The molecule has 0 saturated heterocycles. The first-order valence-electron chi connectivity index (χ1n) is 15.0. The second-order valence-corrected chi connectivity index (χ2v) is 14.1. The third-order valence-corrected chi connectivity index (χ3v) is 10.3. The van der Waals surface area contributed by atoms with Crippen LogP contribution in [0.2, 0.25) is 0 Å². The van der Waals surface area contributed by atoms with Gasteiger partial charge in [-0.3, -0.25) is 0 Å². The minimum absolute atomic E-state index is 0.120. The third kappa shape index (κ3) is 18.0. The zero-order chi connectivity index (χ0) is 28.7. The Bertz CT molecular complexity index is 703. The average Bonchev–Trinajstić information content (AvgIpc) is 2.88. The summed E-state index contributed by atoms with van der Waals surface area (Å²) in [6, 6.07) is 0. The highest BCUT2D eigenvalue weighted by molar-refractivity contribution is 7.92. The van der Waals surface area contributed by atoms with Crippen molar-refractivity contribution in [2.45, 2.75) is 147 Å². The summed E-state index contributed by atoms with van der Waals surface area (Å²) >= 11 is 0. The van der Waals surface area contributed by atoms with Crippen LogP contribution in [0.15, 0.2) is 0 Å². The van der Waals surface area contributed by atoms with E-state index < -0.39 is 47.6 Å². The molecule has 38 heavy (non-hydrogen) atoms. The Balaban J connectivity index is 4.55. The lowest BCUT2D eigenvalue weighted by atomic mass is 10.1. The third-order valence-electron chi connectivity index (χ3n) is 7.06. The number of aliphatic hydroxyl groups is 1. The van der Waals surface area contributed by atoms with Gasteiger partial charge in [-0.2, -0.15) is 0 Å². The molecular weight excluding hydrogens is 527 g/mol. The predicted molar refractivity (Wildman–Crippen MR) is 157 cm³/mol. The number of unbranched alkanes of at least 4 members (excludes halogenated alkanes) is 13. The Morgan fingerprint density at radius 1 is 0.816 bits per heavy atom. The molecule has 0 rings (SSSR count). The van der Waals surface area contributed by atoms with Crippen LogP contribution in [-0.2, 0) is 28.7 Å². The highest BCUT2D eigenvalue weighted by atomic mass is 32.2. The van der Waals surface area contributed by atoms with E-state index in [-0.39, 0.29) is 19.0 Å². The standard InChI is InChI=1S/C28H57O8PS/c1-4-6-8-10-11-12-13-14-16-18-23-38(33,34)26(20-17-15-9-7-5-2)25(3)36-22-19-21-35-24-28(31,37-32)27(29)30/h25-26,31H,4-24,37H2,1-3H3,(H,29,30). The van der Waals surface area contributed by atoms with Crippen LogP contribution in [0.3, 0.4) is 0 Å². The minimum atomic E-state index is -3.29. The Morgan fingerprint density at radius 3 is 1.82 bits per heavy atom. The number of hydrogen-bond donors (Lipinski definition) is 2. The SMILES string of the molecule is CCCCCCCCCCCCS(=O)(=O)C(CCCCCCC)C(C)OCCCOCC(O)([PH2]=O)C(=O)O. The van der Waals surface area contributed by atoms with Gasteiger partial charge in [-0.1, -0.05) is 104 Å². The van der Waals surface area contributed by atoms with E-state index in [4.69, 9.17) is 14.6 Å². The van der Waals surface area contributed by atoms with Crippen molar-refractivity contribution in [2.75, 3.05) is 25.6 Å². The smallest absolute Gasteiger partial charge is 0.345 e. The molecule has 4 atom stereocenters. The molecule has 0 aromatic carbocycles. The van der Waals surface area contributed by atoms with E-state index in [9.17, 15) is 22.9 Å². The molecule has 4 unspecified atom stereocenters. The van der Waals surface area contributed by atoms with E-state index in [1.165, 1.54) is 44.9 Å². The van der Waals surface area contributed by atoms with Gasteiger partial charge in [0.2, 0.25) is 5.34 Å². The monoisotopic (exact) mass is 584 g/mol.